The SMILES string of the molecule is [CH2]C(CF)c1cc(C)cc(OCC)c1. The van der Waals surface area contributed by atoms with E-state index in [4.69, 9.17) is 4.74 Å². The molecule has 1 aromatic rings. The molecule has 14 heavy (non-hydrogen) atoms. The molecule has 0 saturated heterocycles. The molecule has 2 heteroatoms. The standard InChI is InChI=1S/C12H16FO/c1-4-14-12-6-9(2)5-11(7-12)10(3)8-13/h5-7,10H,3-4,8H2,1-2H3. The number of hydrogen-bond donors (Lipinski definition) is 0. The average Bonchev–Trinajstić information content (AvgIpc) is 2.16. The minimum Gasteiger partial charge on any atom is -0.494 e. The van der Waals surface area contributed by atoms with E-state index >= 15 is 0 Å². The highest BCUT2D eigenvalue weighted by Gasteiger charge is 2.07. The van der Waals surface area contributed by atoms with E-state index < -0.39 is 6.67 Å². The Morgan fingerprint density at radius 3 is 2.71 bits per heavy atom. The summed E-state index contributed by atoms with van der Waals surface area (Å²) in [5.74, 6) is 0.499. The highest BCUT2D eigenvalue weighted by atomic mass is 19.1. The summed E-state index contributed by atoms with van der Waals surface area (Å²) in [7, 11) is 0. The molecule has 0 N–H and O–H groups in total. The van der Waals surface area contributed by atoms with Gasteiger partial charge in [0.15, 0.2) is 0 Å². The van der Waals surface area contributed by atoms with Crippen molar-refractivity contribution >= 4 is 0 Å². The summed E-state index contributed by atoms with van der Waals surface area (Å²) in [6, 6.07) is 5.74. The topological polar surface area (TPSA) is 9.23 Å². The molecule has 1 unspecified atom stereocenters. The van der Waals surface area contributed by atoms with Crippen LogP contribution in [0.2, 0.25) is 0 Å². The molecular weight excluding hydrogens is 179 g/mol. The van der Waals surface area contributed by atoms with Crippen LogP contribution in [0.3, 0.4) is 0 Å². The van der Waals surface area contributed by atoms with E-state index in [1.807, 2.05) is 32.0 Å². The second-order valence-electron chi connectivity index (χ2n) is 3.36. The van der Waals surface area contributed by atoms with Crippen molar-refractivity contribution in [3.05, 3.63) is 36.2 Å². The molecule has 0 fully saturated rings. The number of alkyl halides is 1. The largest absolute Gasteiger partial charge is 0.494 e. The number of ether oxygens (including phenoxy) is 1. The number of rotatable bonds is 4. The molecule has 0 aliphatic carbocycles. The third-order valence-electron chi connectivity index (χ3n) is 2.04. The zero-order valence-corrected chi connectivity index (χ0v) is 8.72. The van der Waals surface area contributed by atoms with Crippen molar-refractivity contribution in [3.63, 3.8) is 0 Å². The molecule has 0 aromatic heterocycles. The van der Waals surface area contributed by atoms with Crippen LogP contribution >= 0.6 is 0 Å². The zero-order chi connectivity index (χ0) is 10.6. The molecule has 0 aliphatic heterocycles. The van der Waals surface area contributed by atoms with Crippen LogP contribution in [0.25, 0.3) is 0 Å². The van der Waals surface area contributed by atoms with Crippen LogP contribution in [-0.2, 0) is 0 Å². The fourth-order valence-electron chi connectivity index (χ4n) is 1.35. The predicted molar refractivity (Wildman–Crippen MR) is 56.4 cm³/mol. The number of halogens is 1. The van der Waals surface area contributed by atoms with E-state index in [0.29, 0.717) is 6.61 Å². The molecule has 0 aliphatic rings. The van der Waals surface area contributed by atoms with Crippen LogP contribution in [0.4, 0.5) is 4.39 Å². The van der Waals surface area contributed by atoms with E-state index in [9.17, 15) is 4.39 Å². The molecule has 0 saturated carbocycles. The van der Waals surface area contributed by atoms with Gasteiger partial charge in [0, 0.05) is 5.92 Å². The molecule has 0 heterocycles. The predicted octanol–water partition coefficient (Wildman–Crippen LogP) is 3.28. The van der Waals surface area contributed by atoms with E-state index in [1.54, 1.807) is 0 Å². The molecule has 1 atom stereocenters. The van der Waals surface area contributed by atoms with Crippen LogP contribution in [-0.4, -0.2) is 13.3 Å². The van der Waals surface area contributed by atoms with Crippen molar-refractivity contribution in [1.82, 2.24) is 0 Å². The number of hydrogen-bond acceptors (Lipinski definition) is 1. The van der Waals surface area contributed by atoms with Crippen molar-refractivity contribution in [3.8, 4) is 5.75 Å². The maximum Gasteiger partial charge on any atom is 0.119 e. The normalized spacial score (nSPS) is 12.6. The molecule has 1 rings (SSSR count). The zero-order valence-electron chi connectivity index (χ0n) is 8.72. The van der Waals surface area contributed by atoms with Gasteiger partial charge in [-0.15, -0.1) is 0 Å². The summed E-state index contributed by atoms with van der Waals surface area (Å²) in [6.45, 7) is 7.83. The van der Waals surface area contributed by atoms with Gasteiger partial charge in [-0.1, -0.05) is 6.07 Å². The minimum absolute atomic E-state index is 0.297. The summed E-state index contributed by atoms with van der Waals surface area (Å²) >= 11 is 0. The summed E-state index contributed by atoms with van der Waals surface area (Å²) in [5, 5.41) is 0. The van der Waals surface area contributed by atoms with Crippen molar-refractivity contribution in [2.45, 2.75) is 19.8 Å². The second-order valence-corrected chi connectivity index (χ2v) is 3.36. The maximum absolute atomic E-state index is 12.4. The molecule has 1 aromatic carbocycles. The lowest BCUT2D eigenvalue weighted by Gasteiger charge is -2.11. The van der Waals surface area contributed by atoms with Gasteiger partial charge >= 0.3 is 0 Å². The Morgan fingerprint density at radius 1 is 1.43 bits per heavy atom. The monoisotopic (exact) mass is 195 g/mol. The molecule has 1 radical (unpaired) electrons. The first-order valence-corrected chi connectivity index (χ1v) is 4.80. The fraction of sp³-hybridized carbons (Fsp3) is 0.417. The summed E-state index contributed by atoms with van der Waals surface area (Å²) in [6.07, 6.45) is 0. The van der Waals surface area contributed by atoms with Crippen LogP contribution in [0.5, 0.6) is 5.75 Å². The van der Waals surface area contributed by atoms with Crippen LogP contribution in [0.15, 0.2) is 18.2 Å². The second kappa shape index (κ2) is 4.99. The van der Waals surface area contributed by atoms with Crippen molar-refractivity contribution < 1.29 is 9.13 Å². The summed E-state index contributed by atoms with van der Waals surface area (Å²) < 4.78 is 17.8. The maximum atomic E-state index is 12.4. The van der Waals surface area contributed by atoms with E-state index in [2.05, 4.69) is 6.92 Å². The Kier molecular flexibility index (Phi) is 3.93. The highest BCUT2D eigenvalue weighted by Crippen LogP contribution is 2.23. The van der Waals surface area contributed by atoms with Crippen molar-refractivity contribution in [2.24, 2.45) is 0 Å². The number of benzene rings is 1. The van der Waals surface area contributed by atoms with Gasteiger partial charge in [-0.3, -0.25) is 4.39 Å². The van der Waals surface area contributed by atoms with Gasteiger partial charge in [0.25, 0.3) is 0 Å². The van der Waals surface area contributed by atoms with Gasteiger partial charge in [0.1, 0.15) is 5.75 Å². The molecular formula is C12H16FO. The number of aryl methyl sites for hydroxylation is 1. The minimum atomic E-state index is -0.435. The molecule has 77 valence electrons. The third kappa shape index (κ3) is 2.72. The Morgan fingerprint density at radius 2 is 2.14 bits per heavy atom. The summed E-state index contributed by atoms with van der Waals surface area (Å²) in [4.78, 5) is 0. The Bertz CT molecular complexity index is 296. The summed E-state index contributed by atoms with van der Waals surface area (Å²) in [5.41, 5.74) is 1.98. The highest BCUT2D eigenvalue weighted by molar-refractivity contribution is 5.36. The van der Waals surface area contributed by atoms with Crippen LogP contribution < -0.4 is 4.74 Å². The van der Waals surface area contributed by atoms with E-state index in [-0.39, 0.29) is 5.92 Å². The lowest BCUT2D eigenvalue weighted by atomic mass is 10.0. The van der Waals surface area contributed by atoms with Gasteiger partial charge < -0.3 is 4.74 Å². The first-order chi connectivity index (χ1) is 6.67. The van der Waals surface area contributed by atoms with E-state index in [0.717, 1.165) is 16.9 Å². The smallest absolute Gasteiger partial charge is 0.119 e. The first-order valence-electron chi connectivity index (χ1n) is 4.80. The molecule has 0 bridgehead atoms. The van der Waals surface area contributed by atoms with Crippen LogP contribution in [0, 0.1) is 13.8 Å². The Labute approximate surface area is 84.9 Å². The van der Waals surface area contributed by atoms with Crippen molar-refractivity contribution in [1.29, 1.82) is 0 Å². The third-order valence-corrected chi connectivity index (χ3v) is 2.04. The van der Waals surface area contributed by atoms with Crippen molar-refractivity contribution in [2.75, 3.05) is 13.3 Å². The van der Waals surface area contributed by atoms with Gasteiger partial charge in [0.2, 0.25) is 0 Å². The first kappa shape index (κ1) is 11.0. The van der Waals surface area contributed by atoms with Crippen LogP contribution in [0.1, 0.15) is 24.0 Å². The quantitative estimate of drug-likeness (QED) is 0.716. The lowest BCUT2D eigenvalue weighted by Crippen LogP contribution is -1.99. The van der Waals surface area contributed by atoms with Gasteiger partial charge in [-0.25, -0.2) is 0 Å². The fourth-order valence-corrected chi connectivity index (χ4v) is 1.35. The average molecular weight is 195 g/mol. The molecule has 0 amide bonds. The van der Waals surface area contributed by atoms with Gasteiger partial charge in [-0.2, -0.15) is 0 Å². The van der Waals surface area contributed by atoms with Gasteiger partial charge in [0.05, 0.1) is 13.3 Å². The van der Waals surface area contributed by atoms with E-state index in [1.165, 1.54) is 0 Å². The molecule has 0 spiro atoms. The molecule has 1 nitrogen and oxygen atoms in total. The Hall–Kier alpha value is -1.05. The Balaban J connectivity index is 2.94. The lowest BCUT2D eigenvalue weighted by molar-refractivity contribution is 0.339. The van der Waals surface area contributed by atoms with Gasteiger partial charge in [-0.05, 0) is 44.0 Å².